The number of nitrogens with zero attached hydrogens (tertiary/aromatic N) is 6. The van der Waals surface area contributed by atoms with Gasteiger partial charge in [0.05, 0.1) is 36.7 Å². The monoisotopic (exact) mass is 485 g/mol. The first-order valence-electron chi connectivity index (χ1n) is 10.8. The topological polar surface area (TPSA) is 121 Å². The molecule has 1 fully saturated rings. The van der Waals surface area contributed by atoms with E-state index in [-0.39, 0.29) is 11.4 Å². The molecule has 33 heavy (non-hydrogen) atoms. The molecule has 4 aromatic rings. The van der Waals surface area contributed by atoms with Crippen LogP contribution in [0.25, 0.3) is 26.1 Å². The molecule has 10 nitrogen and oxygen atoms in total. The Bertz CT molecular complexity index is 1410. The van der Waals surface area contributed by atoms with Crippen molar-refractivity contribution >= 4 is 60.9 Å². The third-order valence-corrected chi connectivity index (χ3v) is 8.08. The number of aromatic nitrogens is 5. The van der Waals surface area contributed by atoms with Gasteiger partial charge in [0.25, 0.3) is 0 Å². The summed E-state index contributed by atoms with van der Waals surface area (Å²) in [7, 11) is 0. The Morgan fingerprint density at radius 2 is 2.09 bits per heavy atom. The number of hydrogen-bond donors (Lipinski definition) is 1. The van der Waals surface area contributed by atoms with E-state index in [1.54, 1.807) is 17.7 Å². The average Bonchev–Trinajstić information content (AvgIpc) is 3.38. The van der Waals surface area contributed by atoms with Gasteiger partial charge in [-0.05, 0) is 19.4 Å². The first-order valence-corrected chi connectivity index (χ1v) is 12.6. The highest BCUT2D eigenvalue weighted by atomic mass is 32.2. The number of hydrogen-bond acceptors (Lipinski definition) is 10. The second-order valence-electron chi connectivity index (χ2n) is 8.85. The maximum atomic E-state index is 11.2. The van der Waals surface area contributed by atoms with E-state index in [0.29, 0.717) is 30.6 Å². The van der Waals surface area contributed by atoms with E-state index in [0.717, 1.165) is 51.3 Å². The van der Waals surface area contributed by atoms with Crippen molar-refractivity contribution in [3.8, 4) is 0 Å². The number of anilines is 1. The highest BCUT2D eigenvalue weighted by Gasteiger charge is 2.33. The lowest BCUT2D eigenvalue weighted by molar-refractivity contribution is -0.115. The van der Waals surface area contributed by atoms with Crippen molar-refractivity contribution in [1.29, 1.82) is 0 Å². The highest BCUT2D eigenvalue weighted by Crippen LogP contribution is 2.43. The Labute approximate surface area is 197 Å². The number of carbonyl (C=O) groups excluding carboxylic acids is 1. The standard InChI is InChI=1S/C21H23N7O3S2/c1-21(2)7-11-12(8-31-21)17(27-3-5-30-6-4-27)24-19-14(11)15-16(33-19)18-25-26-20(28(18)10-23-15)32-9-13(22)29/h10H,3-9H2,1-2H3,(H2,22,29). The lowest BCUT2D eigenvalue weighted by atomic mass is 9.90. The fourth-order valence-corrected chi connectivity index (χ4v) is 6.27. The molecule has 2 aliphatic rings. The molecule has 2 aliphatic heterocycles. The number of morpholine rings is 1. The third kappa shape index (κ3) is 3.52. The SMILES string of the molecule is CC1(C)Cc2c(c(N3CCOCC3)nc3sc4c(ncn5c(SCC(N)=O)nnc45)c23)CO1. The number of amides is 1. The summed E-state index contributed by atoms with van der Waals surface area (Å²) in [6.07, 6.45) is 2.50. The van der Waals surface area contributed by atoms with Gasteiger partial charge in [0.15, 0.2) is 10.8 Å². The van der Waals surface area contributed by atoms with E-state index in [1.165, 1.54) is 17.3 Å². The molecule has 0 saturated carbocycles. The van der Waals surface area contributed by atoms with E-state index in [1.807, 2.05) is 4.40 Å². The molecule has 1 amide bonds. The summed E-state index contributed by atoms with van der Waals surface area (Å²) in [4.78, 5) is 24.4. The van der Waals surface area contributed by atoms with Gasteiger partial charge in [0, 0.05) is 30.5 Å². The molecule has 0 aliphatic carbocycles. The molecule has 0 aromatic carbocycles. The van der Waals surface area contributed by atoms with Gasteiger partial charge in [-0.1, -0.05) is 11.8 Å². The zero-order valence-corrected chi connectivity index (χ0v) is 20.0. The molecule has 0 bridgehead atoms. The van der Waals surface area contributed by atoms with Gasteiger partial charge in [-0.2, -0.15) is 0 Å². The maximum Gasteiger partial charge on any atom is 0.227 e. The molecule has 0 atom stereocenters. The first kappa shape index (κ1) is 21.0. The Balaban J connectivity index is 1.58. The van der Waals surface area contributed by atoms with Gasteiger partial charge in [0.2, 0.25) is 5.91 Å². The summed E-state index contributed by atoms with van der Waals surface area (Å²) in [6, 6.07) is 0. The van der Waals surface area contributed by atoms with Crippen LogP contribution in [0.3, 0.4) is 0 Å². The number of nitrogens with two attached hydrogens (primary N) is 1. The zero-order valence-electron chi connectivity index (χ0n) is 18.3. The summed E-state index contributed by atoms with van der Waals surface area (Å²) < 4.78 is 14.5. The van der Waals surface area contributed by atoms with Crippen LogP contribution in [0.4, 0.5) is 5.82 Å². The quantitative estimate of drug-likeness (QED) is 0.433. The van der Waals surface area contributed by atoms with Crippen LogP contribution in [-0.4, -0.2) is 68.1 Å². The number of thioether (sulfide) groups is 1. The zero-order chi connectivity index (χ0) is 22.7. The summed E-state index contributed by atoms with van der Waals surface area (Å²) in [5, 5.41) is 10.3. The Kier molecular flexibility index (Phi) is 4.94. The van der Waals surface area contributed by atoms with Crippen LogP contribution >= 0.6 is 23.1 Å². The van der Waals surface area contributed by atoms with E-state index in [4.69, 9.17) is 25.2 Å². The maximum absolute atomic E-state index is 11.2. The van der Waals surface area contributed by atoms with E-state index >= 15 is 0 Å². The van der Waals surface area contributed by atoms with Gasteiger partial charge >= 0.3 is 0 Å². The number of thiophene rings is 1. The molecule has 4 aromatic heterocycles. The summed E-state index contributed by atoms with van der Waals surface area (Å²) in [5.41, 5.74) is 9.02. The number of ether oxygens (including phenoxy) is 2. The Morgan fingerprint density at radius 3 is 2.88 bits per heavy atom. The van der Waals surface area contributed by atoms with Crippen LogP contribution in [-0.2, 0) is 27.3 Å². The molecule has 6 rings (SSSR count). The minimum absolute atomic E-state index is 0.137. The van der Waals surface area contributed by atoms with Crippen molar-refractivity contribution in [2.75, 3.05) is 37.0 Å². The molecule has 1 saturated heterocycles. The van der Waals surface area contributed by atoms with Gasteiger partial charge in [-0.3, -0.25) is 9.20 Å². The number of carbonyl (C=O) groups is 1. The van der Waals surface area contributed by atoms with Crippen molar-refractivity contribution in [3.63, 3.8) is 0 Å². The van der Waals surface area contributed by atoms with Crippen LogP contribution < -0.4 is 10.6 Å². The van der Waals surface area contributed by atoms with Gasteiger partial charge in [0.1, 0.15) is 21.7 Å². The molecule has 12 heteroatoms. The van der Waals surface area contributed by atoms with E-state index < -0.39 is 5.91 Å². The summed E-state index contributed by atoms with van der Waals surface area (Å²) in [6.45, 7) is 7.78. The van der Waals surface area contributed by atoms with Gasteiger partial charge < -0.3 is 20.1 Å². The van der Waals surface area contributed by atoms with Crippen molar-refractivity contribution < 1.29 is 14.3 Å². The van der Waals surface area contributed by atoms with Crippen molar-refractivity contribution in [2.45, 2.75) is 37.6 Å². The largest absolute Gasteiger partial charge is 0.378 e. The van der Waals surface area contributed by atoms with Crippen molar-refractivity contribution in [1.82, 2.24) is 24.6 Å². The van der Waals surface area contributed by atoms with Crippen LogP contribution in [0.1, 0.15) is 25.0 Å². The van der Waals surface area contributed by atoms with Crippen molar-refractivity contribution in [2.24, 2.45) is 5.73 Å². The molecular weight excluding hydrogens is 462 g/mol. The number of rotatable bonds is 4. The summed E-state index contributed by atoms with van der Waals surface area (Å²) in [5.74, 6) is 0.722. The van der Waals surface area contributed by atoms with Gasteiger partial charge in [-0.15, -0.1) is 21.5 Å². The predicted molar refractivity (Wildman–Crippen MR) is 127 cm³/mol. The normalized spacial score (nSPS) is 18.3. The second kappa shape index (κ2) is 7.76. The predicted octanol–water partition coefficient (Wildman–Crippen LogP) is 2.15. The molecule has 0 radical (unpaired) electrons. The number of fused-ring (bicyclic) bond motifs is 7. The third-order valence-electron chi connectivity index (χ3n) is 6.04. The molecule has 6 heterocycles. The van der Waals surface area contributed by atoms with Crippen LogP contribution in [0.5, 0.6) is 0 Å². The van der Waals surface area contributed by atoms with Crippen LogP contribution in [0.15, 0.2) is 11.5 Å². The Morgan fingerprint density at radius 1 is 1.27 bits per heavy atom. The van der Waals surface area contributed by atoms with Crippen LogP contribution in [0.2, 0.25) is 0 Å². The second-order valence-corrected chi connectivity index (χ2v) is 10.8. The fraction of sp³-hybridized carbons (Fsp3) is 0.476. The fourth-order valence-electron chi connectivity index (χ4n) is 4.50. The minimum atomic E-state index is -0.399. The van der Waals surface area contributed by atoms with E-state index in [2.05, 4.69) is 28.9 Å². The summed E-state index contributed by atoms with van der Waals surface area (Å²) >= 11 is 2.84. The Hall–Kier alpha value is -2.54. The smallest absolute Gasteiger partial charge is 0.227 e. The minimum Gasteiger partial charge on any atom is -0.378 e. The molecule has 0 unspecified atom stereocenters. The van der Waals surface area contributed by atoms with E-state index in [9.17, 15) is 4.79 Å². The average molecular weight is 486 g/mol. The molecule has 0 spiro atoms. The molecule has 172 valence electrons. The number of primary amides is 1. The number of pyridine rings is 1. The van der Waals surface area contributed by atoms with Crippen LogP contribution in [0, 0.1) is 0 Å². The molecular formula is C21H23N7O3S2. The lowest BCUT2D eigenvalue weighted by Crippen LogP contribution is -2.39. The first-order chi connectivity index (χ1) is 15.9. The lowest BCUT2D eigenvalue weighted by Gasteiger charge is -2.36. The van der Waals surface area contributed by atoms with Gasteiger partial charge in [-0.25, -0.2) is 9.97 Å². The highest BCUT2D eigenvalue weighted by molar-refractivity contribution is 7.99. The van der Waals surface area contributed by atoms with Crippen molar-refractivity contribution in [3.05, 3.63) is 17.5 Å². The molecule has 2 N–H and O–H groups in total.